The first-order valence-corrected chi connectivity index (χ1v) is 10.4. The maximum absolute atomic E-state index is 13.2. The van der Waals surface area contributed by atoms with E-state index < -0.39 is 0 Å². The van der Waals surface area contributed by atoms with Gasteiger partial charge in [0.2, 0.25) is 5.91 Å². The molecule has 2 amide bonds. The smallest absolute Gasteiger partial charge is 0.253 e. The first-order valence-electron chi connectivity index (χ1n) is 10.4. The van der Waals surface area contributed by atoms with Gasteiger partial charge in [-0.15, -0.1) is 0 Å². The summed E-state index contributed by atoms with van der Waals surface area (Å²) in [7, 11) is 0. The molecule has 2 aromatic carbocycles. The second-order valence-electron chi connectivity index (χ2n) is 8.50. The van der Waals surface area contributed by atoms with Crippen LogP contribution in [0.25, 0.3) is 0 Å². The fourth-order valence-electron chi connectivity index (χ4n) is 4.24. The molecule has 5 heteroatoms. The van der Waals surface area contributed by atoms with E-state index in [1.165, 1.54) is 5.56 Å². The van der Waals surface area contributed by atoms with Crippen LogP contribution in [0.3, 0.4) is 0 Å². The van der Waals surface area contributed by atoms with Gasteiger partial charge in [-0.2, -0.15) is 0 Å². The normalized spacial score (nSPS) is 21.6. The number of hydrogen-bond acceptors (Lipinski definition) is 3. The summed E-state index contributed by atoms with van der Waals surface area (Å²) in [6, 6.07) is 17.3. The lowest BCUT2D eigenvalue weighted by atomic mass is 9.75. The van der Waals surface area contributed by atoms with Crippen LogP contribution in [-0.2, 0) is 11.2 Å². The van der Waals surface area contributed by atoms with Crippen LogP contribution in [-0.4, -0.2) is 41.5 Å². The SMILES string of the molecule is O=C(Nc1cccc(C(=O)N2CCC[C@@](CO)(Cc3ccccc3)C2)c1)C1CC1. The molecule has 0 bridgehead atoms. The van der Waals surface area contributed by atoms with Gasteiger partial charge in [-0.1, -0.05) is 36.4 Å². The molecule has 1 aliphatic carbocycles. The van der Waals surface area contributed by atoms with Crippen molar-refractivity contribution in [2.24, 2.45) is 11.3 Å². The van der Waals surface area contributed by atoms with Crippen LogP contribution in [0.4, 0.5) is 5.69 Å². The molecule has 29 heavy (non-hydrogen) atoms. The lowest BCUT2D eigenvalue weighted by Crippen LogP contribution is -2.49. The van der Waals surface area contributed by atoms with Crippen molar-refractivity contribution in [2.45, 2.75) is 32.1 Å². The molecule has 152 valence electrons. The maximum Gasteiger partial charge on any atom is 0.253 e. The van der Waals surface area contributed by atoms with Crippen molar-refractivity contribution in [3.05, 3.63) is 65.7 Å². The van der Waals surface area contributed by atoms with Gasteiger partial charge in [0.15, 0.2) is 0 Å². The molecule has 1 aliphatic heterocycles. The summed E-state index contributed by atoms with van der Waals surface area (Å²) >= 11 is 0. The van der Waals surface area contributed by atoms with E-state index >= 15 is 0 Å². The molecule has 1 saturated heterocycles. The van der Waals surface area contributed by atoms with Gasteiger partial charge in [0.1, 0.15) is 0 Å². The highest BCUT2D eigenvalue weighted by Gasteiger charge is 2.37. The van der Waals surface area contributed by atoms with Gasteiger partial charge in [-0.25, -0.2) is 0 Å². The molecule has 0 spiro atoms. The van der Waals surface area contributed by atoms with Crippen LogP contribution >= 0.6 is 0 Å². The summed E-state index contributed by atoms with van der Waals surface area (Å²) in [4.78, 5) is 27.0. The molecule has 1 saturated carbocycles. The van der Waals surface area contributed by atoms with Crippen molar-refractivity contribution >= 4 is 17.5 Å². The Balaban J connectivity index is 1.47. The molecule has 2 aromatic rings. The highest BCUT2D eigenvalue weighted by molar-refractivity contribution is 5.98. The molecule has 4 rings (SSSR count). The molecule has 2 N–H and O–H groups in total. The van der Waals surface area contributed by atoms with E-state index in [9.17, 15) is 14.7 Å². The third-order valence-corrected chi connectivity index (χ3v) is 6.03. The number of piperidine rings is 1. The van der Waals surface area contributed by atoms with Crippen molar-refractivity contribution in [3.63, 3.8) is 0 Å². The zero-order chi connectivity index (χ0) is 20.3. The first kappa shape index (κ1) is 19.6. The number of anilines is 1. The van der Waals surface area contributed by atoms with Crippen molar-refractivity contribution in [2.75, 3.05) is 25.0 Å². The van der Waals surface area contributed by atoms with E-state index in [2.05, 4.69) is 17.4 Å². The zero-order valence-corrected chi connectivity index (χ0v) is 16.6. The molecular formula is C24H28N2O3. The molecule has 0 aromatic heterocycles. The number of nitrogens with zero attached hydrogens (tertiary/aromatic N) is 1. The molecule has 1 heterocycles. The van der Waals surface area contributed by atoms with E-state index in [4.69, 9.17) is 0 Å². The van der Waals surface area contributed by atoms with E-state index in [1.54, 1.807) is 12.1 Å². The largest absolute Gasteiger partial charge is 0.396 e. The van der Waals surface area contributed by atoms with Crippen LogP contribution in [0.5, 0.6) is 0 Å². The van der Waals surface area contributed by atoms with Gasteiger partial charge < -0.3 is 15.3 Å². The predicted octanol–water partition coefficient (Wildman–Crippen LogP) is 3.49. The van der Waals surface area contributed by atoms with E-state index in [0.29, 0.717) is 24.3 Å². The maximum atomic E-state index is 13.2. The second-order valence-corrected chi connectivity index (χ2v) is 8.50. The Morgan fingerprint density at radius 1 is 1.10 bits per heavy atom. The summed E-state index contributed by atoms with van der Waals surface area (Å²) in [5, 5.41) is 13.1. The number of benzene rings is 2. The van der Waals surface area contributed by atoms with Gasteiger partial charge in [-0.05, 0) is 55.9 Å². The van der Waals surface area contributed by atoms with Gasteiger partial charge in [0, 0.05) is 35.7 Å². The average molecular weight is 392 g/mol. The van der Waals surface area contributed by atoms with Crippen molar-refractivity contribution in [3.8, 4) is 0 Å². The highest BCUT2D eigenvalue weighted by Crippen LogP contribution is 2.34. The predicted molar refractivity (Wildman–Crippen MR) is 113 cm³/mol. The number of aliphatic hydroxyl groups is 1. The standard InChI is InChI=1S/C24H28N2O3/c27-17-24(15-18-6-2-1-3-7-18)12-5-13-26(16-24)23(29)20-8-4-9-21(14-20)25-22(28)19-10-11-19/h1-4,6-9,14,19,27H,5,10-13,15-17H2,(H,25,28)/t24-/m1/s1. The number of carbonyl (C=O) groups is 2. The summed E-state index contributed by atoms with van der Waals surface area (Å²) < 4.78 is 0. The molecule has 5 nitrogen and oxygen atoms in total. The monoisotopic (exact) mass is 392 g/mol. The van der Waals surface area contributed by atoms with E-state index in [0.717, 1.165) is 32.1 Å². The second kappa shape index (κ2) is 8.37. The lowest BCUT2D eigenvalue weighted by Gasteiger charge is -2.42. The zero-order valence-electron chi connectivity index (χ0n) is 16.6. The van der Waals surface area contributed by atoms with Crippen LogP contribution < -0.4 is 5.32 Å². The van der Waals surface area contributed by atoms with Crippen LogP contribution in [0.1, 0.15) is 41.6 Å². The number of likely N-dealkylation sites (tertiary alicyclic amines) is 1. The number of hydrogen-bond donors (Lipinski definition) is 2. The minimum atomic E-state index is -0.312. The van der Waals surface area contributed by atoms with Crippen LogP contribution in [0, 0.1) is 11.3 Å². The molecule has 0 unspecified atom stereocenters. The van der Waals surface area contributed by atoms with Gasteiger partial charge in [0.25, 0.3) is 5.91 Å². The van der Waals surface area contributed by atoms with Gasteiger partial charge in [0.05, 0.1) is 6.61 Å². The number of rotatable bonds is 6. The summed E-state index contributed by atoms with van der Waals surface area (Å²) in [5.74, 6) is 0.118. The Morgan fingerprint density at radius 2 is 1.90 bits per heavy atom. The molecule has 2 fully saturated rings. The number of amides is 2. The Bertz CT molecular complexity index is 879. The van der Waals surface area contributed by atoms with Crippen LogP contribution in [0.15, 0.2) is 54.6 Å². The lowest BCUT2D eigenvalue weighted by molar-refractivity contribution is -0.117. The molecule has 2 aliphatic rings. The van der Waals surface area contributed by atoms with Crippen molar-refractivity contribution < 1.29 is 14.7 Å². The van der Waals surface area contributed by atoms with Crippen LogP contribution in [0.2, 0.25) is 0 Å². The Morgan fingerprint density at radius 3 is 2.62 bits per heavy atom. The average Bonchev–Trinajstić information content (AvgIpc) is 3.60. The van der Waals surface area contributed by atoms with Crippen molar-refractivity contribution in [1.29, 1.82) is 0 Å². The highest BCUT2D eigenvalue weighted by atomic mass is 16.3. The Labute approximate surface area is 171 Å². The number of nitrogens with one attached hydrogen (secondary N) is 1. The summed E-state index contributed by atoms with van der Waals surface area (Å²) in [6.45, 7) is 1.28. The third-order valence-electron chi connectivity index (χ3n) is 6.03. The van der Waals surface area contributed by atoms with E-state index in [1.807, 2.05) is 35.2 Å². The minimum absolute atomic E-state index is 0.0368. The topological polar surface area (TPSA) is 69.6 Å². The molecule has 0 radical (unpaired) electrons. The van der Waals surface area contributed by atoms with Gasteiger partial charge in [-0.3, -0.25) is 9.59 Å². The quantitative estimate of drug-likeness (QED) is 0.791. The number of aliphatic hydroxyl groups excluding tert-OH is 1. The first-order chi connectivity index (χ1) is 14.1. The summed E-state index contributed by atoms with van der Waals surface area (Å²) in [5.41, 5.74) is 2.11. The van der Waals surface area contributed by atoms with E-state index in [-0.39, 0.29) is 29.8 Å². The third kappa shape index (κ3) is 4.67. The summed E-state index contributed by atoms with van der Waals surface area (Å²) in [6.07, 6.45) is 4.42. The van der Waals surface area contributed by atoms with Crippen molar-refractivity contribution in [1.82, 2.24) is 4.90 Å². The fraction of sp³-hybridized carbons (Fsp3) is 0.417. The van der Waals surface area contributed by atoms with Gasteiger partial charge >= 0.3 is 0 Å². The molecule has 1 atom stereocenters. The Kier molecular flexibility index (Phi) is 5.67. The molecular weight excluding hydrogens is 364 g/mol. The Hall–Kier alpha value is -2.66. The minimum Gasteiger partial charge on any atom is -0.396 e. The number of carbonyl (C=O) groups excluding carboxylic acids is 2. The fourth-order valence-corrected chi connectivity index (χ4v) is 4.24.